The lowest BCUT2D eigenvalue weighted by atomic mass is 10.1. The molecule has 0 aromatic heterocycles. The second-order valence-corrected chi connectivity index (χ2v) is 9.12. The van der Waals surface area contributed by atoms with Crippen molar-refractivity contribution in [3.63, 3.8) is 0 Å². The Kier molecular flexibility index (Phi) is 7.36. The number of nitrogens with zero attached hydrogens (tertiary/aromatic N) is 2. The molecule has 7 nitrogen and oxygen atoms in total. The summed E-state index contributed by atoms with van der Waals surface area (Å²) in [7, 11) is 1.53. The fourth-order valence-electron chi connectivity index (χ4n) is 3.63. The second kappa shape index (κ2) is 10.6. The average molecular weight is 579 g/mol. The minimum Gasteiger partial charge on any atom is -0.493 e. The van der Waals surface area contributed by atoms with Crippen molar-refractivity contribution in [2.24, 2.45) is 0 Å². The van der Waals surface area contributed by atoms with Gasteiger partial charge in [-0.15, -0.1) is 0 Å². The van der Waals surface area contributed by atoms with Crippen LogP contribution in [0.4, 0.5) is 4.79 Å². The maximum atomic E-state index is 12.9. The molecule has 0 saturated carbocycles. The van der Waals surface area contributed by atoms with Crippen LogP contribution in [-0.4, -0.2) is 23.9 Å². The number of carbonyl (C=O) groups is 2. The Morgan fingerprint density at radius 1 is 1.11 bits per heavy atom. The van der Waals surface area contributed by atoms with Crippen LogP contribution in [0, 0.1) is 21.8 Å². The van der Waals surface area contributed by atoms with Crippen LogP contribution in [0.15, 0.2) is 66.4 Å². The fourth-order valence-corrected chi connectivity index (χ4v) is 4.41. The number of urea groups is 1. The van der Waals surface area contributed by atoms with Gasteiger partial charge in [-0.1, -0.05) is 48.0 Å². The van der Waals surface area contributed by atoms with Crippen molar-refractivity contribution in [1.29, 1.82) is 5.26 Å². The van der Waals surface area contributed by atoms with Crippen molar-refractivity contribution < 1.29 is 19.1 Å². The van der Waals surface area contributed by atoms with Crippen molar-refractivity contribution in [1.82, 2.24) is 10.2 Å². The molecule has 176 valence electrons. The number of halogens is 1. The third-order valence-corrected chi connectivity index (χ3v) is 6.30. The van der Waals surface area contributed by atoms with Crippen LogP contribution >= 0.6 is 22.6 Å². The summed E-state index contributed by atoms with van der Waals surface area (Å²) in [5.41, 5.74) is 4.17. The first-order valence-electron chi connectivity index (χ1n) is 10.8. The molecule has 8 heteroatoms. The van der Waals surface area contributed by atoms with Gasteiger partial charge >= 0.3 is 6.03 Å². The highest BCUT2D eigenvalue weighted by molar-refractivity contribution is 14.1. The molecular formula is C27H22IN3O4. The minimum atomic E-state index is -0.459. The lowest BCUT2D eigenvalue weighted by Gasteiger charge is -2.14. The molecule has 0 bridgehead atoms. The van der Waals surface area contributed by atoms with Crippen molar-refractivity contribution in [3.8, 4) is 17.6 Å². The van der Waals surface area contributed by atoms with Gasteiger partial charge in [0.05, 0.1) is 28.9 Å². The lowest BCUT2D eigenvalue weighted by molar-refractivity contribution is -0.123. The zero-order valence-corrected chi connectivity index (χ0v) is 21.3. The van der Waals surface area contributed by atoms with E-state index in [1.165, 1.54) is 12.0 Å². The standard InChI is InChI=1S/C27H22IN3O4/c1-17-7-9-18(10-8-17)15-31-26(32)23(30-27(31)33)12-19-11-22(28)25(24(13-19)34-2)35-16-21-6-4-3-5-20(21)14-29/h3-13H,15-16H2,1-2H3,(H,30,33)/b23-12+. The fraction of sp³-hybridized carbons (Fsp3) is 0.148. The van der Waals surface area contributed by atoms with Crippen LogP contribution in [0.25, 0.3) is 6.08 Å². The minimum absolute atomic E-state index is 0.191. The number of benzene rings is 3. The Morgan fingerprint density at radius 2 is 1.86 bits per heavy atom. The number of methoxy groups -OCH3 is 1. The number of rotatable bonds is 7. The summed E-state index contributed by atoms with van der Waals surface area (Å²) in [5, 5.41) is 12.0. The molecule has 3 amide bonds. The van der Waals surface area contributed by atoms with E-state index in [-0.39, 0.29) is 18.8 Å². The molecule has 1 aliphatic rings. The Labute approximate surface area is 217 Å². The highest BCUT2D eigenvalue weighted by Crippen LogP contribution is 2.35. The van der Waals surface area contributed by atoms with Gasteiger partial charge in [0.25, 0.3) is 5.91 Å². The smallest absolute Gasteiger partial charge is 0.329 e. The topological polar surface area (TPSA) is 91.7 Å². The van der Waals surface area contributed by atoms with Crippen LogP contribution in [0.3, 0.4) is 0 Å². The van der Waals surface area contributed by atoms with E-state index in [1.807, 2.05) is 49.4 Å². The Morgan fingerprint density at radius 3 is 2.57 bits per heavy atom. The van der Waals surface area contributed by atoms with Crippen LogP contribution in [0.1, 0.15) is 27.8 Å². The summed E-state index contributed by atoms with van der Waals surface area (Å²) < 4.78 is 12.3. The predicted octanol–water partition coefficient (Wildman–Crippen LogP) is 5.15. The first kappa shape index (κ1) is 24.3. The Bertz CT molecular complexity index is 1360. The highest BCUT2D eigenvalue weighted by Gasteiger charge is 2.33. The molecule has 3 aromatic carbocycles. The molecule has 0 radical (unpaired) electrons. The molecule has 0 atom stereocenters. The van der Waals surface area contributed by atoms with Gasteiger partial charge in [-0.3, -0.25) is 9.69 Å². The van der Waals surface area contributed by atoms with E-state index in [1.54, 1.807) is 24.3 Å². The van der Waals surface area contributed by atoms with Crippen molar-refractivity contribution in [3.05, 3.63) is 97.7 Å². The van der Waals surface area contributed by atoms with E-state index >= 15 is 0 Å². The number of amides is 3. The number of hydrogen-bond acceptors (Lipinski definition) is 5. The van der Waals surface area contributed by atoms with Crippen LogP contribution < -0.4 is 14.8 Å². The summed E-state index contributed by atoms with van der Waals surface area (Å²) in [4.78, 5) is 26.5. The number of aryl methyl sites for hydroxylation is 1. The molecule has 1 saturated heterocycles. The van der Waals surface area contributed by atoms with Gasteiger partial charge in [0.2, 0.25) is 0 Å². The predicted molar refractivity (Wildman–Crippen MR) is 139 cm³/mol. The van der Waals surface area contributed by atoms with Gasteiger partial charge in [-0.05, 0) is 64.9 Å². The third-order valence-electron chi connectivity index (χ3n) is 5.50. The number of carbonyl (C=O) groups excluding carboxylic acids is 2. The molecule has 1 aliphatic heterocycles. The summed E-state index contributed by atoms with van der Waals surface area (Å²) in [5.74, 6) is 0.621. The number of hydrogen-bond donors (Lipinski definition) is 1. The summed E-state index contributed by atoms with van der Waals surface area (Å²) in [6.45, 7) is 2.38. The third kappa shape index (κ3) is 5.46. The van der Waals surface area contributed by atoms with Gasteiger partial charge in [0.1, 0.15) is 12.3 Å². The lowest BCUT2D eigenvalue weighted by Crippen LogP contribution is -2.30. The van der Waals surface area contributed by atoms with Crippen molar-refractivity contribution in [2.75, 3.05) is 7.11 Å². The summed E-state index contributed by atoms with van der Waals surface area (Å²) >= 11 is 2.13. The molecule has 1 N–H and O–H groups in total. The first-order chi connectivity index (χ1) is 16.9. The number of nitriles is 1. The van der Waals surface area contributed by atoms with E-state index < -0.39 is 11.9 Å². The number of nitrogens with one attached hydrogen (secondary N) is 1. The maximum absolute atomic E-state index is 12.9. The molecule has 0 aliphatic carbocycles. The van der Waals surface area contributed by atoms with Gasteiger partial charge in [-0.25, -0.2) is 4.79 Å². The second-order valence-electron chi connectivity index (χ2n) is 7.96. The highest BCUT2D eigenvalue weighted by atomic mass is 127. The number of imide groups is 1. The van der Waals surface area contributed by atoms with Gasteiger partial charge in [0, 0.05) is 5.56 Å². The zero-order valence-electron chi connectivity index (χ0n) is 19.2. The largest absolute Gasteiger partial charge is 0.493 e. The summed E-state index contributed by atoms with van der Waals surface area (Å²) in [6.07, 6.45) is 1.62. The van der Waals surface area contributed by atoms with Crippen molar-refractivity contribution in [2.45, 2.75) is 20.1 Å². The molecular weight excluding hydrogens is 557 g/mol. The molecule has 1 heterocycles. The van der Waals surface area contributed by atoms with Gasteiger partial charge in [-0.2, -0.15) is 5.26 Å². The van der Waals surface area contributed by atoms with Gasteiger partial charge < -0.3 is 14.8 Å². The van der Waals surface area contributed by atoms with E-state index in [0.717, 1.165) is 20.3 Å². The van der Waals surface area contributed by atoms with E-state index in [0.29, 0.717) is 22.6 Å². The van der Waals surface area contributed by atoms with E-state index in [4.69, 9.17) is 9.47 Å². The molecule has 3 aromatic rings. The zero-order chi connectivity index (χ0) is 24.9. The molecule has 0 spiro atoms. The quantitative estimate of drug-likeness (QED) is 0.238. The number of ether oxygens (including phenoxy) is 2. The maximum Gasteiger partial charge on any atom is 0.329 e. The molecule has 35 heavy (non-hydrogen) atoms. The Hall–Kier alpha value is -3.84. The monoisotopic (exact) mass is 579 g/mol. The van der Waals surface area contributed by atoms with Crippen LogP contribution in [-0.2, 0) is 17.9 Å². The van der Waals surface area contributed by atoms with E-state index in [2.05, 4.69) is 34.0 Å². The molecule has 4 rings (SSSR count). The average Bonchev–Trinajstić information content (AvgIpc) is 3.11. The van der Waals surface area contributed by atoms with Gasteiger partial charge in [0.15, 0.2) is 11.5 Å². The Balaban J connectivity index is 1.54. The summed E-state index contributed by atoms with van der Waals surface area (Å²) in [6, 6.07) is 20.2. The van der Waals surface area contributed by atoms with Crippen LogP contribution in [0.2, 0.25) is 0 Å². The van der Waals surface area contributed by atoms with E-state index in [9.17, 15) is 14.9 Å². The molecule has 0 unspecified atom stereocenters. The normalized spacial score (nSPS) is 14.1. The SMILES string of the molecule is COc1cc(/C=C2/NC(=O)N(Cc3ccc(C)cc3)C2=O)cc(I)c1OCc1ccccc1C#N. The van der Waals surface area contributed by atoms with Crippen LogP contribution in [0.5, 0.6) is 11.5 Å². The van der Waals surface area contributed by atoms with Crippen molar-refractivity contribution >= 4 is 40.6 Å². The first-order valence-corrected chi connectivity index (χ1v) is 11.9. The molecule has 1 fully saturated rings.